The summed E-state index contributed by atoms with van der Waals surface area (Å²) in [7, 11) is -3.46. The van der Waals surface area contributed by atoms with E-state index in [1.807, 2.05) is 11.0 Å². The zero-order valence-corrected chi connectivity index (χ0v) is 18.3. The maximum Gasteiger partial charge on any atom is 0.243 e. The number of hydrogen-bond donors (Lipinski definition) is 0. The number of carbonyl (C=O) groups excluding carboxylic acids is 1. The molecule has 0 aliphatic carbocycles. The van der Waals surface area contributed by atoms with Crippen LogP contribution in [0, 0.1) is 0 Å². The van der Waals surface area contributed by atoms with Gasteiger partial charge >= 0.3 is 0 Å². The van der Waals surface area contributed by atoms with Crippen LogP contribution in [0.15, 0.2) is 46.7 Å². The van der Waals surface area contributed by atoms with Gasteiger partial charge in [-0.15, -0.1) is 11.3 Å². The molecular formula is C21H27N3O3S2. The van der Waals surface area contributed by atoms with Gasteiger partial charge in [0.05, 0.1) is 17.5 Å². The van der Waals surface area contributed by atoms with Crippen LogP contribution in [-0.4, -0.2) is 67.7 Å². The van der Waals surface area contributed by atoms with Gasteiger partial charge in [-0.25, -0.2) is 8.42 Å². The predicted octanol–water partition coefficient (Wildman–Crippen LogP) is 2.59. The van der Waals surface area contributed by atoms with Crippen molar-refractivity contribution in [3.8, 4) is 0 Å². The first-order valence-corrected chi connectivity index (χ1v) is 12.5. The topological polar surface area (TPSA) is 60.9 Å². The minimum atomic E-state index is -3.46. The molecule has 1 aromatic carbocycles. The third kappa shape index (κ3) is 4.12. The summed E-state index contributed by atoms with van der Waals surface area (Å²) >= 11 is 1.78. The Morgan fingerprint density at radius 3 is 2.48 bits per heavy atom. The SMILES string of the molecule is CCC1c2ccsc2CCN1C(=O)CN1CCN(S(=O)(=O)c2ccccc2)CC1. The van der Waals surface area contributed by atoms with E-state index in [0.717, 1.165) is 19.4 Å². The average molecular weight is 434 g/mol. The Labute approximate surface area is 176 Å². The summed E-state index contributed by atoms with van der Waals surface area (Å²) in [6.45, 7) is 5.23. The van der Waals surface area contributed by atoms with Gasteiger partial charge in [-0.3, -0.25) is 9.69 Å². The van der Waals surface area contributed by atoms with E-state index in [4.69, 9.17) is 0 Å². The van der Waals surface area contributed by atoms with E-state index in [0.29, 0.717) is 37.6 Å². The van der Waals surface area contributed by atoms with Gasteiger partial charge in [0.25, 0.3) is 0 Å². The van der Waals surface area contributed by atoms with Crippen LogP contribution in [-0.2, 0) is 21.2 Å². The van der Waals surface area contributed by atoms with Crippen LogP contribution in [0.1, 0.15) is 29.8 Å². The van der Waals surface area contributed by atoms with Gasteiger partial charge in [-0.05, 0) is 42.0 Å². The third-order valence-corrected chi connectivity index (χ3v) is 8.78. The van der Waals surface area contributed by atoms with Gasteiger partial charge in [0, 0.05) is 37.6 Å². The molecule has 29 heavy (non-hydrogen) atoms. The zero-order valence-electron chi connectivity index (χ0n) is 16.7. The molecule has 1 fully saturated rings. The summed E-state index contributed by atoms with van der Waals surface area (Å²) in [4.78, 5) is 18.8. The van der Waals surface area contributed by atoms with Crippen LogP contribution in [0.2, 0.25) is 0 Å². The first kappa shape index (κ1) is 20.5. The minimum absolute atomic E-state index is 0.146. The second-order valence-electron chi connectivity index (χ2n) is 7.55. The van der Waals surface area contributed by atoms with Crippen LogP contribution < -0.4 is 0 Å². The largest absolute Gasteiger partial charge is 0.334 e. The van der Waals surface area contributed by atoms with Crippen LogP contribution in [0.5, 0.6) is 0 Å². The van der Waals surface area contributed by atoms with Crippen molar-refractivity contribution in [3.63, 3.8) is 0 Å². The molecule has 4 rings (SSSR count). The molecular weight excluding hydrogens is 406 g/mol. The molecule has 1 saturated heterocycles. The number of benzene rings is 1. The predicted molar refractivity (Wildman–Crippen MR) is 114 cm³/mol. The molecule has 0 spiro atoms. The highest BCUT2D eigenvalue weighted by atomic mass is 32.2. The summed E-state index contributed by atoms with van der Waals surface area (Å²) < 4.78 is 27.1. The number of piperazine rings is 1. The van der Waals surface area contributed by atoms with E-state index >= 15 is 0 Å². The van der Waals surface area contributed by atoms with Crippen LogP contribution in [0.4, 0.5) is 0 Å². The van der Waals surface area contributed by atoms with Gasteiger partial charge in [0.15, 0.2) is 0 Å². The molecule has 1 atom stereocenters. The Morgan fingerprint density at radius 1 is 1.07 bits per heavy atom. The number of amides is 1. The third-order valence-electron chi connectivity index (χ3n) is 5.87. The molecule has 6 nitrogen and oxygen atoms in total. The summed E-state index contributed by atoms with van der Waals surface area (Å²) in [5, 5.41) is 2.12. The van der Waals surface area contributed by atoms with Gasteiger partial charge in [0.1, 0.15) is 0 Å². The molecule has 3 heterocycles. The van der Waals surface area contributed by atoms with Gasteiger partial charge in [-0.2, -0.15) is 4.31 Å². The molecule has 1 aromatic heterocycles. The summed E-state index contributed by atoms with van der Waals surface area (Å²) in [5.41, 5.74) is 1.30. The van der Waals surface area contributed by atoms with E-state index in [9.17, 15) is 13.2 Å². The highest BCUT2D eigenvalue weighted by Crippen LogP contribution is 2.35. The van der Waals surface area contributed by atoms with Gasteiger partial charge in [-0.1, -0.05) is 25.1 Å². The first-order chi connectivity index (χ1) is 14.0. The van der Waals surface area contributed by atoms with E-state index in [-0.39, 0.29) is 11.9 Å². The number of fused-ring (bicyclic) bond motifs is 1. The highest BCUT2D eigenvalue weighted by Gasteiger charge is 2.33. The van der Waals surface area contributed by atoms with Crippen LogP contribution in [0.25, 0.3) is 0 Å². The van der Waals surface area contributed by atoms with E-state index in [1.165, 1.54) is 14.7 Å². The fourth-order valence-corrected chi connectivity index (χ4v) is 6.66. The summed E-state index contributed by atoms with van der Waals surface area (Å²) in [6.07, 6.45) is 1.84. The summed E-state index contributed by atoms with van der Waals surface area (Å²) in [6, 6.07) is 10.9. The Morgan fingerprint density at radius 2 is 1.79 bits per heavy atom. The average Bonchev–Trinajstić information content (AvgIpc) is 3.23. The Kier molecular flexibility index (Phi) is 6.06. The normalized spacial score (nSPS) is 21.1. The number of carbonyl (C=O) groups is 1. The number of nitrogens with zero attached hydrogens (tertiary/aromatic N) is 3. The fourth-order valence-electron chi connectivity index (χ4n) is 4.29. The molecule has 1 amide bonds. The molecule has 8 heteroatoms. The second-order valence-corrected chi connectivity index (χ2v) is 10.5. The second kappa shape index (κ2) is 8.55. The van der Waals surface area contributed by atoms with Crippen molar-refractivity contribution in [2.45, 2.75) is 30.7 Å². The van der Waals surface area contributed by atoms with Crippen molar-refractivity contribution in [3.05, 3.63) is 52.2 Å². The maximum absolute atomic E-state index is 13.0. The molecule has 2 aliphatic heterocycles. The Balaban J connectivity index is 1.36. The highest BCUT2D eigenvalue weighted by molar-refractivity contribution is 7.89. The van der Waals surface area contributed by atoms with Gasteiger partial charge in [0.2, 0.25) is 15.9 Å². The van der Waals surface area contributed by atoms with E-state index in [2.05, 4.69) is 23.3 Å². The van der Waals surface area contributed by atoms with Crippen molar-refractivity contribution in [2.24, 2.45) is 0 Å². The summed E-state index contributed by atoms with van der Waals surface area (Å²) in [5.74, 6) is 0.146. The molecule has 0 bridgehead atoms. The lowest BCUT2D eigenvalue weighted by Crippen LogP contribution is -2.52. The van der Waals surface area contributed by atoms with E-state index in [1.54, 1.807) is 35.6 Å². The molecule has 2 aromatic rings. The zero-order chi connectivity index (χ0) is 20.4. The maximum atomic E-state index is 13.0. The number of rotatable bonds is 5. The van der Waals surface area contributed by atoms with Crippen molar-refractivity contribution < 1.29 is 13.2 Å². The number of sulfonamides is 1. The van der Waals surface area contributed by atoms with Crippen LogP contribution >= 0.6 is 11.3 Å². The quantitative estimate of drug-likeness (QED) is 0.727. The number of hydrogen-bond acceptors (Lipinski definition) is 5. The molecule has 0 N–H and O–H groups in total. The number of thiophene rings is 1. The lowest BCUT2D eigenvalue weighted by Gasteiger charge is -2.38. The van der Waals surface area contributed by atoms with Crippen molar-refractivity contribution in [2.75, 3.05) is 39.3 Å². The standard InChI is InChI=1S/C21H27N3O3S2/c1-2-19-18-9-15-28-20(18)8-10-24(19)21(25)16-22-11-13-23(14-12-22)29(26,27)17-6-4-3-5-7-17/h3-7,9,15,19H,2,8,10-14,16H2,1H3. The first-order valence-electron chi connectivity index (χ1n) is 10.1. The Bertz CT molecular complexity index is 951. The van der Waals surface area contributed by atoms with Crippen molar-refractivity contribution >= 4 is 27.3 Å². The molecule has 1 unspecified atom stereocenters. The molecule has 0 radical (unpaired) electrons. The Hall–Kier alpha value is -1.74. The fraction of sp³-hybridized carbons (Fsp3) is 0.476. The molecule has 2 aliphatic rings. The van der Waals surface area contributed by atoms with Crippen molar-refractivity contribution in [1.29, 1.82) is 0 Å². The van der Waals surface area contributed by atoms with Crippen LogP contribution in [0.3, 0.4) is 0 Å². The lowest BCUT2D eigenvalue weighted by molar-refractivity contribution is -0.135. The molecule has 0 saturated carbocycles. The lowest BCUT2D eigenvalue weighted by atomic mass is 9.97. The van der Waals surface area contributed by atoms with Crippen molar-refractivity contribution in [1.82, 2.24) is 14.1 Å². The monoisotopic (exact) mass is 433 g/mol. The van der Waals surface area contributed by atoms with Gasteiger partial charge < -0.3 is 4.90 Å². The van der Waals surface area contributed by atoms with E-state index < -0.39 is 10.0 Å². The minimum Gasteiger partial charge on any atom is -0.334 e. The molecule has 156 valence electrons. The smallest absolute Gasteiger partial charge is 0.243 e.